The second-order valence-electron chi connectivity index (χ2n) is 4.76. The van der Waals surface area contributed by atoms with Gasteiger partial charge in [-0.2, -0.15) is 5.10 Å². The lowest BCUT2D eigenvalue weighted by molar-refractivity contribution is 0.415. The van der Waals surface area contributed by atoms with Crippen LogP contribution in [0, 0.1) is 0 Å². The summed E-state index contributed by atoms with van der Waals surface area (Å²) >= 11 is 0. The van der Waals surface area contributed by atoms with E-state index in [1.54, 1.807) is 24.3 Å². The highest BCUT2D eigenvalue weighted by molar-refractivity contribution is 5.92. The highest BCUT2D eigenvalue weighted by Crippen LogP contribution is 2.25. The lowest BCUT2D eigenvalue weighted by atomic mass is 10.1. The number of aromatic nitrogens is 4. The van der Waals surface area contributed by atoms with E-state index >= 15 is 0 Å². The molecule has 0 atom stereocenters. The van der Waals surface area contributed by atoms with Crippen molar-refractivity contribution in [3.8, 4) is 5.75 Å². The van der Waals surface area contributed by atoms with E-state index < -0.39 is 0 Å². The molecule has 0 saturated heterocycles. The number of ether oxygens (including phenoxy) is 1. The van der Waals surface area contributed by atoms with Crippen LogP contribution < -0.4 is 10.1 Å². The second kappa shape index (κ2) is 5.78. The molecular formula is C15H17N5O. The quantitative estimate of drug-likeness (QED) is 0.776. The number of nitrogens with one attached hydrogen (secondary N) is 1. The molecule has 0 radical (unpaired) electrons. The maximum atomic E-state index is 5.24. The fraction of sp³-hybridized carbons (Fsp3) is 0.267. The van der Waals surface area contributed by atoms with Gasteiger partial charge in [0.15, 0.2) is 5.82 Å². The molecule has 0 aliphatic heterocycles. The molecule has 0 amide bonds. The number of fused-ring (bicyclic) bond motifs is 1. The first kappa shape index (κ1) is 13.4. The first-order valence-electron chi connectivity index (χ1n) is 6.77. The molecule has 1 aromatic carbocycles. The second-order valence-corrected chi connectivity index (χ2v) is 4.76. The molecule has 0 bridgehead atoms. The number of hydrogen-bond donors (Lipinski definition) is 1. The van der Waals surface area contributed by atoms with Gasteiger partial charge in [0, 0.05) is 31.6 Å². The summed E-state index contributed by atoms with van der Waals surface area (Å²) in [5.74, 6) is 2.54. The van der Waals surface area contributed by atoms with Gasteiger partial charge in [0.25, 0.3) is 0 Å². The van der Waals surface area contributed by atoms with Crippen molar-refractivity contribution in [1.29, 1.82) is 0 Å². The van der Waals surface area contributed by atoms with Crippen molar-refractivity contribution in [3.05, 3.63) is 42.6 Å². The molecule has 0 aliphatic carbocycles. The number of benzene rings is 1. The predicted octanol–water partition coefficient (Wildman–Crippen LogP) is 2.03. The number of rotatable bonds is 5. The highest BCUT2D eigenvalue weighted by Gasteiger charge is 2.04. The topological polar surface area (TPSA) is 64.9 Å². The van der Waals surface area contributed by atoms with E-state index in [1.807, 2.05) is 31.3 Å². The standard InChI is InChI=1S/C15H17N5O/c1-20-10-18-14(19-20)6-8-17-15-13-4-3-12(21-2)9-11(13)5-7-16-15/h3-5,7,9-10H,6,8H2,1-2H3,(H,16,17). The van der Waals surface area contributed by atoms with Crippen LogP contribution in [0.25, 0.3) is 10.8 Å². The van der Waals surface area contributed by atoms with E-state index in [2.05, 4.69) is 20.4 Å². The summed E-state index contributed by atoms with van der Waals surface area (Å²) in [5, 5.41) is 9.77. The number of anilines is 1. The molecule has 1 N–H and O–H groups in total. The smallest absolute Gasteiger partial charge is 0.152 e. The molecule has 3 aromatic rings. The van der Waals surface area contributed by atoms with Crippen LogP contribution in [0.4, 0.5) is 5.82 Å². The predicted molar refractivity (Wildman–Crippen MR) is 81.5 cm³/mol. The largest absolute Gasteiger partial charge is 0.497 e. The lowest BCUT2D eigenvalue weighted by Crippen LogP contribution is -2.08. The Balaban J connectivity index is 1.74. The van der Waals surface area contributed by atoms with Gasteiger partial charge in [-0.25, -0.2) is 9.97 Å². The Bertz CT molecular complexity index is 753. The van der Waals surface area contributed by atoms with Gasteiger partial charge >= 0.3 is 0 Å². The van der Waals surface area contributed by atoms with Gasteiger partial charge < -0.3 is 10.1 Å². The fourth-order valence-corrected chi connectivity index (χ4v) is 2.22. The summed E-state index contributed by atoms with van der Waals surface area (Å²) in [4.78, 5) is 8.61. The van der Waals surface area contributed by atoms with Crippen molar-refractivity contribution in [2.75, 3.05) is 19.0 Å². The van der Waals surface area contributed by atoms with E-state index in [1.165, 1.54) is 0 Å². The van der Waals surface area contributed by atoms with Crippen molar-refractivity contribution in [3.63, 3.8) is 0 Å². The summed E-state index contributed by atoms with van der Waals surface area (Å²) in [6, 6.07) is 7.93. The minimum Gasteiger partial charge on any atom is -0.497 e. The van der Waals surface area contributed by atoms with Crippen molar-refractivity contribution in [1.82, 2.24) is 19.7 Å². The van der Waals surface area contributed by atoms with Crippen LogP contribution in [0.2, 0.25) is 0 Å². The third kappa shape index (κ3) is 2.94. The van der Waals surface area contributed by atoms with Gasteiger partial charge in [0.2, 0.25) is 0 Å². The number of pyridine rings is 1. The summed E-state index contributed by atoms with van der Waals surface area (Å²) in [5.41, 5.74) is 0. The molecule has 108 valence electrons. The zero-order chi connectivity index (χ0) is 14.7. The first-order valence-corrected chi connectivity index (χ1v) is 6.77. The summed E-state index contributed by atoms with van der Waals surface area (Å²) < 4.78 is 6.95. The molecule has 2 heterocycles. The van der Waals surface area contributed by atoms with E-state index in [4.69, 9.17) is 4.74 Å². The molecule has 2 aromatic heterocycles. The van der Waals surface area contributed by atoms with Crippen LogP contribution >= 0.6 is 0 Å². The molecule has 0 fully saturated rings. The first-order chi connectivity index (χ1) is 10.3. The van der Waals surface area contributed by atoms with Crippen LogP contribution in [0.5, 0.6) is 5.75 Å². The monoisotopic (exact) mass is 283 g/mol. The van der Waals surface area contributed by atoms with Crippen molar-refractivity contribution >= 4 is 16.6 Å². The Morgan fingerprint density at radius 3 is 2.90 bits per heavy atom. The number of aryl methyl sites for hydroxylation is 1. The van der Waals surface area contributed by atoms with Gasteiger partial charge in [-0.15, -0.1) is 0 Å². The van der Waals surface area contributed by atoms with Crippen LogP contribution in [0.15, 0.2) is 36.8 Å². The van der Waals surface area contributed by atoms with Crippen LogP contribution in [-0.4, -0.2) is 33.4 Å². The van der Waals surface area contributed by atoms with Crippen molar-refractivity contribution in [2.45, 2.75) is 6.42 Å². The fourth-order valence-electron chi connectivity index (χ4n) is 2.22. The maximum absolute atomic E-state index is 5.24. The minimum atomic E-state index is 0.738. The third-order valence-electron chi connectivity index (χ3n) is 3.26. The number of hydrogen-bond acceptors (Lipinski definition) is 5. The summed E-state index contributed by atoms with van der Waals surface area (Å²) in [7, 11) is 3.53. The average molecular weight is 283 g/mol. The molecule has 0 spiro atoms. The van der Waals surface area contributed by atoms with Crippen LogP contribution in [-0.2, 0) is 13.5 Å². The van der Waals surface area contributed by atoms with Gasteiger partial charge in [-0.3, -0.25) is 4.68 Å². The summed E-state index contributed by atoms with van der Waals surface area (Å²) in [6.07, 6.45) is 4.26. The van der Waals surface area contributed by atoms with E-state index in [9.17, 15) is 0 Å². The lowest BCUT2D eigenvalue weighted by Gasteiger charge is -2.09. The molecule has 0 aliphatic rings. The Kier molecular flexibility index (Phi) is 3.68. The number of methoxy groups -OCH3 is 1. The molecule has 6 heteroatoms. The molecular weight excluding hydrogens is 266 g/mol. The zero-order valence-electron chi connectivity index (χ0n) is 12.1. The highest BCUT2D eigenvalue weighted by atomic mass is 16.5. The molecule has 0 saturated carbocycles. The Labute approximate surface area is 122 Å². The van der Waals surface area contributed by atoms with Gasteiger partial charge in [-0.1, -0.05) is 0 Å². The normalized spacial score (nSPS) is 10.8. The SMILES string of the molecule is COc1ccc2c(NCCc3ncn(C)n3)nccc2c1. The van der Waals surface area contributed by atoms with E-state index in [-0.39, 0.29) is 0 Å². The number of nitrogens with zero attached hydrogens (tertiary/aromatic N) is 4. The molecule has 0 unspecified atom stereocenters. The zero-order valence-corrected chi connectivity index (χ0v) is 12.1. The van der Waals surface area contributed by atoms with Gasteiger partial charge in [0.1, 0.15) is 17.9 Å². The third-order valence-corrected chi connectivity index (χ3v) is 3.26. The average Bonchev–Trinajstić information content (AvgIpc) is 2.92. The minimum absolute atomic E-state index is 0.738. The Morgan fingerprint density at radius 1 is 1.24 bits per heavy atom. The Hall–Kier alpha value is -2.63. The van der Waals surface area contributed by atoms with Crippen LogP contribution in [0.3, 0.4) is 0 Å². The molecule has 3 rings (SSSR count). The molecule has 21 heavy (non-hydrogen) atoms. The molecule has 6 nitrogen and oxygen atoms in total. The maximum Gasteiger partial charge on any atom is 0.152 e. The van der Waals surface area contributed by atoms with Gasteiger partial charge in [0.05, 0.1) is 7.11 Å². The Morgan fingerprint density at radius 2 is 2.14 bits per heavy atom. The summed E-state index contributed by atoms with van der Waals surface area (Å²) in [6.45, 7) is 0.738. The van der Waals surface area contributed by atoms with Gasteiger partial charge in [-0.05, 0) is 29.7 Å². The van der Waals surface area contributed by atoms with E-state index in [0.29, 0.717) is 0 Å². The van der Waals surface area contributed by atoms with E-state index in [0.717, 1.165) is 41.1 Å². The van der Waals surface area contributed by atoms with Crippen LogP contribution in [0.1, 0.15) is 5.82 Å². The van der Waals surface area contributed by atoms with Crippen molar-refractivity contribution < 1.29 is 4.74 Å². The van der Waals surface area contributed by atoms with Crippen molar-refractivity contribution in [2.24, 2.45) is 7.05 Å².